The second kappa shape index (κ2) is 3.58. The van der Waals surface area contributed by atoms with Crippen LogP contribution in [0.1, 0.15) is 24.5 Å². The van der Waals surface area contributed by atoms with Crippen LogP contribution in [0.3, 0.4) is 0 Å². The van der Waals surface area contributed by atoms with Crippen molar-refractivity contribution in [3.63, 3.8) is 0 Å². The molecule has 12 heavy (non-hydrogen) atoms. The van der Waals surface area contributed by atoms with Crippen molar-refractivity contribution in [3.05, 3.63) is 16.6 Å². The van der Waals surface area contributed by atoms with Crippen molar-refractivity contribution in [2.24, 2.45) is 0 Å². The second-order valence-electron chi connectivity index (χ2n) is 3.04. The molecule has 1 N–H and O–H groups in total. The van der Waals surface area contributed by atoms with Gasteiger partial charge in [-0.25, -0.2) is 4.98 Å². The molecule has 1 unspecified atom stereocenters. The van der Waals surface area contributed by atoms with Gasteiger partial charge in [0.25, 0.3) is 0 Å². The third-order valence-electron chi connectivity index (χ3n) is 2.16. The second-order valence-corrected chi connectivity index (χ2v) is 3.79. The first-order valence-corrected chi connectivity index (χ1v) is 4.93. The normalized spacial score (nSPS) is 24.2. The van der Waals surface area contributed by atoms with Crippen LogP contribution in [0.25, 0.3) is 0 Å². The zero-order valence-corrected chi connectivity index (χ0v) is 8.30. The molecule has 0 radical (unpaired) electrons. The van der Waals surface area contributed by atoms with Gasteiger partial charge in [-0.1, -0.05) is 0 Å². The summed E-state index contributed by atoms with van der Waals surface area (Å²) >= 11 is 3.29. The van der Waals surface area contributed by atoms with Crippen molar-refractivity contribution in [1.82, 2.24) is 9.97 Å². The highest BCUT2D eigenvalue weighted by atomic mass is 79.9. The molecule has 2 heterocycles. The van der Waals surface area contributed by atoms with Gasteiger partial charge >= 0.3 is 0 Å². The van der Waals surface area contributed by atoms with Crippen LogP contribution in [0.2, 0.25) is 0 Å². The van der Waals surface area contributed by atoms with Crippen LogP contribution in [-0.2, 0) is 4.74 Å². The van der Waals surface area contributed by atoms with E-state index in [-0.39, 0.29) is 0 Å². The molecule has 4 heteroatoms. The van der Waals surface area contributed by atoms with Gasteiger partial charge in [-0.3, -0.25) is 0 Å². The first-order valence-electron chi connectivity index (χ1n) is 4.14. The van der Waals surface area contributed by atoms with Gasteiger partial charge in [0.2, 0.25) is 0 Å². The van der Waals surface area contributed by atoms with Gasteiger partial charge in [-0.2, -0.15) is 0 Å². The molecule has 1 fully saturated rings. The van der Waals surface area contributed by atoms with E-state index in [2.05, 4.69) is 25.9 Å². The summed E-state index contributed by atoms with van der Waals surface area (Å²) in [6, 6.07) is 0. The molecule has 1 atom stereocenters. The number of ether oxygens (including phenoxy) is 1. The fraction of sp³-hybridized carbons (Fsp3) is 0.625. The maximum atomic E-state index is 5.38. The molecule has 0 aromatic carbocycles. The first kappa shape index (κ1) is 8.26. The van der Waals surface area contributed by atoms with Crippen LogP contribution < -0.4 is 0 Å². The van der Waals surface area contributed by atoms with E-state index in [1.807, 2.05) is 6.20 Å². The number of hydrogen-bond donors (Lipinski definition) is 1. The van der Waals surface area contributed by atoms with Gasteiger partial charge in [0.15, 0.2) is 4.73 Å². The highest BCUT2D eigenvalue weighted by Crippen LogP contribution is 2.24. The molecular formula is C8H11BrN2O. The van der Waals surface area contributed by atoms with Crippen LogP contribution in [0, 0.1) is 0 Å². The summed E-state index contributed by atoms with van der Waals surface area (Å²) in [6.07, 6.45) is 4.24. The predicted octanol–water partition coefficient (Wildman–Crippen LogP) is 2.07. The summed E-state index contributed by atoms with van der Waals surface area (Å²) in [4.78, 5) is 7.27. The van der Waals surface area contributed by atoms with E-state index in [1.54, 1.807) is 0 Å². The maximum Gasteiger partial charge on any atom is 0.174 e. The Morgan fingerprint density at radius 3 is 3.17 bits per heavy atom. The van der Waals surface area contributed by atoms with Crippen LogP contribution in [0.5, 0.6) is 0 Å². The van der Waals surface area contributed by atoms with E-state index in [0.29, 0.717) is 5.92 Å². The van der Waals surface area contributed by atoms with Gasteiger partial charge in [-0.15, -0.1) is 0 Å². The molecule has 3 nitrogen and oxygen atoms in total. The SMILES string of the molecule is Brc1ncc(C2CCCOC2)[nH]1. The predicted molar refractivity (Wildman–Crippen MR) is 49.1 cm³/mol. The highest BCUT2D eigenvalue weighted by Gasteiger charge is 2.17. The van der Waals surface area contributed by atoms with Gasteiger partial charge in [0, 0.05) is 24.4 Å². The third-order valence-corrected chi connectivity index (χ3v) is 2.57. The molecule has 1 aliphatic heterocycles. The number of nitrogens with zero attached hydrogens (tertiary/aromatic N) is 1. The average Bonchev–Trinajstić information content (AvgIpc) is 2.54. The summed E-state index contributed by atoms with van der Waals surface area (Å²) in [7, 11) is 0. The van der Waals surface area contributed by atoms with Crippen molar-refractivity contribution in [2.75, 3.05) is 13.2 Å². The molecule has 66 valence electrons. The lowest BCUT2D eigenvalue weighted by molar-refractivity contribution is 0.0794. The minimum Gasteiger partial charge on any atom is -0.381 e. The van der Waals surface area contributed by atoms with E-state index in [0.717, 1.165) is 24.4 Å². The van der Waals surface area contributed by atoms with E-state index < -0.39 is 0 Å². The first-order chi connectivity index (χ1) is 5.86. The molecule has 1 aliphatic rings. The Balaban J connectivity index is 2.08. The fourth-order valence-corrected chi connectivity index (χ4v) is 1.83. The van der Waals surface area contributed by atoms with Crippen LogP contribution in [0.15, 0.2) is 10.9 Å². The highest BCUT2D eigenvalue weighted by molar-refractivity contribution is 9.10. The number of aromatic amines is 1. The lowest BCUT2D eigenvalue weighted by Crippen LogP contribution is -2.15. The maximum absolute atomic E-state index is 5.38. The summed E-state index contributed by atoms with van der Waals surface area (Å²) in [5.74, 6) is 0.512. The molecule has 0 amide bonds. The fourth-order valence-electron chi connectivity index (χ4n) is 1.50. The number of aromatic nitrogens is 2. The molecule has 0 spiro atoms. The molecule has 1 saturated heterocycles. The Labute approximate surface area is 79.7 Å². The molecular weight excluding hydrogens is 220 g/mol. The third kappa shape index (κ3) is 1.69. The molecule has 0 bridgehead atoms. The summed E-state index contributed by atoms with van der Waals surface area (Å²) in [5, 5.41) is 0. The number of nitrogens with one attached hydrogen (secondary N) is 1. The topological polar surface area (TPSA) is 37.9 Å². The van der Waals surface area contributed by atoms with Gasteiger partial charge in [-0.05, 0) is 28.8 Å². The minimum absolute atomic E-state index is 0.512. The largest absolute Gasteiger partial charge is 0.381 e. The monoisotopic (exact) mass is 230 g/mol. The summed E-state index contributed by atoms with van der Waals surface area (Å²) in [5.41, 5.74) is 1.18. The van der Waals surface area contributed by atoms with E-state index in [4.69, 9.17) is 4.74 Å². The van der Waals surface area contributed by atoms with Gasteiger partial charge in [0.05, 0.1) is 6.61 Å². The van der Waals surface area contributed by atoms with E-state index >= 15 is 0 Å². The summed E-state index contributed by atoms with van der Waals surface area (Å²) < 4.78 is 6.19. The minimum atomic E-state index is 0.512. The average molecular weight is 231 g/mol. The Morgan fingerprint density at radius 2 is 2.58 bits per heavy atom. The smallest absolute Gasteiger partial charge is 0.174 e. The number of halogens is 1. The lowest BCUT2D eigenvalue weighted by Gasteiger charge is -2.20. The van der Waals surface area contributed by atoms with Crippen LogP contribution >= 0.6 is 15.9 Å². The molecule has 1 aromatic heterocycles. The number of H-pyrrole nitrogens is 1. The van der Waals surface area contributed by atoms with Gasteiger partial charge in [0.1, 0.15) is 0 Å². The Bertz CT molecular complexity index is 255. The number of hydrogen-bond acceptors (Lipinski definition) is 2. The quantitative estimate of drug-likeness (QED) is 0.803. The van der Waals surface area contributed by atoms with Crippen molar-refractivity contribution >= 4 is 15.9 Å². The van der Waals surface area contributed by atoms with Crippen molar-refractivity contribution < 1.29 is 4.74 Å². The number of rotatable bonds is 1. The van der Waals surface area contributed by atoms with Crippen molar-refractivity contribution in [2.45, 2.75) is 18.8 Å². The zero-order valence-electron chi connectivity index (χ0n) is 6.72. The van der Waals surface area contributed by atoms with E-state index in [9.17, 15) is 0 Å². The van der Waals surface area contributed by atoms with Crippen molar-refractivity contribution in [3.8, 4) is 0 Å². The molecule has 2 rings (SSSR count). The lowest BCUT2D eigenvalue weighted by atomic mass is 9.99. The molecule has 0 aliphatic carbocycles. The zero-order chi connectivity index (χ0) is 8.39. The standard InChI is InChI=1S/C8H11BrN2O/c9-8-10-4-7(11-8)6-2-1-3-12-5-6/h4,6H,1-3,5H2,(H,10,11). The van der Waals surface area contributed by atoms with Crippen molar-refractivity contribution in [1.29, 1.82) is 0 Å². The Kier molecular flexibility index (Phi) is 2.46. The van der Waals surface area contributed by atoms with Crippen LogP contribution in [0.4, 0.5) is 0 Å². The summed E-state index contributed by atoms with van der Waals surface area (Å²) in [6.45, 7) is 1.74. The Morgan fingerprint density at radius 1 is 1.67 bits per heavy atom. The van der Waals surface area contributed by atoms with Crippen LogP contribution in [-0.4, -0.2) is 23.2 Å². The van der Waals surface area contributed by atoms with Gasteiger partial charge < -0.3 is 9.72 Å². The molecule has 0 saturated carbocycles. The Hall–Kier alpha value is -0.350. The molecule has 1 aromatic rings. The number of imidazole rings is 1. The van der Waals surface area contributed by atoms with E-state index in [1.165, 1.54) is 12.1 Å².